The molecule has 9 heteroatoms. The van der Waals surface area contributed by atoms with Gasteiger partial charge in [-0.3, -0.25) is 24.5 Å². The number of carbonyl (C=O) groups excluding carboxylic acids is 3. The molecule has 2 aromatic rings. The Balaban J connectivity index is 1.73. The van der Waals surface area contributed by atoms with Gasteiger partial charge in [-0.2, -0.15) is 0 Å². The summed E-state index contributed by atoms with van der Waals surface area (Å²) >= 11 is 0. The number of carbonyl (C=O) groups is 3. The lowest BCUT2D eigenvalue weighted by atomic mass is 10.0. The highest BCUT2D eigenvalue weighted by Gasteiger charge is 2.10. The molecule has 0 saturated heterocycles. The Morgan fingerprint density at radius 2 is 1.47 bits per heavy atom. The highest BCUT2D eigenvalue weighted by molar-refractivity contribution is 5.86. The second-order valence-corrected chi connectivity index (χ2v) is 7.91. The largest absolute Gasteiger partial charge is 0.466 e. The van der Waals surface area contributed by atoms with Crippen molar-refractivity contribution in [1.82, 2.24) is 0 Å². The van der Waals surface area contributed by atoms with Crippen molar-refractivity contribution in [2.45, 2.75) is 58.3 Å². The first kappa shape index (κ1) is 26.8. The van der Waals surface area contributed by atoms with Gasteiger partial charge in [0, 0.05) is 17.8 Å². The lowest BCUT2D eigenvalue weighted by Gasteiger charge is -2.08. The molecule has 0 bridgehead atoms. The number of hydrogen-bond acceptors (Lipinski definition) is 8. The lowest BCUT2D eigenvalue weighted by Crippen LogP contribution is -2.11. The summed E-state index contributed by atoms with van der Waals surface area (Å²) in [6.45, 7) is 2.35. The van der Waals surface area contributed by atoms with Crippen molar-refractivity contribution >= 4 is 28.7 Å². The van der Waals surface area contributed by atoms with Gasteiger partial charge in [-0.1, -0.05) is 37.6 Å². The maximum absolute atomic E-state index is 12.1. The number of benzene rings is 2. The molecule has 0 unspecified atom stereocenters. The van der Waals surface area contributed by atoms with E-state index in [1.165, 1.54) is 0 Å². The number of nitrogens with zero attached hydrogens (tertiary/aromatic N) is 1. The molecular formula is C25H31NO8. The van der Waals surface area contributed by atoms with Crippen LogP contribution in [0.1, 0.15) is 57.4 Å². The van der Waals surface area contributed by atoms with Crippen LogP contribution >= 0.6 is 0 Å². The van der Waals surface area contributed by atoms with Crippen molar-refractivity contribution in [3.63, 3.8) is 0 Å². The van der Waals surface area contributed by atoms with Gasteiger partial charge in [0.25, 0.3) is 0 Å². The van der Waals surface area contributed by atoms with Gasteiger partial charge in [-0.15, -0.1) is 0 Å². The molecule has 0 amide bonds. The van der Waals surface area contributed by atoms with Gasteiger partial charge in [0.1, 0.15) is 5.75 Å². The number of rotatable bonds is 15. The van der Waals surface area contributed by atoms with Crippen LogP contribution in [0.15, 0.2) is 36.4 Å². The van der Waals surface area contributed by atoms with Crippen molar-refractivity contribution < 1.29 is 33.5 Å². The number of hydrogen-bond donors (Lipinski definition) is 0. The van der Waals surface area contributed by atoms with Crippen molar-refractivity contribution in [1.29, 1.82) is 0 Å². The molecule has 0 atom stereocenters. The first-order chi connectivity index (χ1) is 16.4. The fraction of sp³-hybridized carbons (Fsp3) is 0.480. The van der Waals surface area contributed by atoms with Crippen LogP contribution in [0.4, 0.5) is 0 Å². The lowest BCUT2D eigenvalue weighted by molar-refractivity contribution is -0.480. The third-order valence-electron chi connectivity index (χ3n) is 4.98. The standard InChI is InChI=1S/C25H31NO8/c1-2-3-7-23(27)32-14-4-5-15-33-25(29)17-19-9-10-21-18-22(12-11-20(21)16-19)34-24(28)8-6-13-26(30)31/h9-12,16,18H,2-8,13-15,17H2,1H3. The van der Waals surface area contributed by atoms with Gasteiger partial charge in [-0.05, 0) is 47.7 Å². The first-order valence-corrected chi connectivity index (χ1v) is 11.5. The molecule has 34 heavy (non-hydrogen) atoms. The van der Waals surface area contributed by atoms with Gasteiger partial charge in [0.15, 0.2) is 0 Å². The van der Waals surface area contributed by atoms with Crippen molar-refractivity contribution in [3.8, 4) is 5.75 Å². The van der Waals surface area contributed by atoms with Crippen LogP contribution in [-0.4, -0.2) is 42.6 Å². The minimum Gasteiger partial charge on any atom is -0.466 e. The van der Waals surface area contributed by atoms with Crippen LogP contribution in [0.5, 0.6) is 5.75 Å². The van der Waals surface area contributed by atoms with Crippen LogP contribution in [0, 0.1) is 10.1 Å². The minimum absolute atomic E-state index is 0.0236. The van der Waals surface area contributed by atoms with Gasteiger partial charge in [0.2, 0.25) is 6.54 Å². The Hall–Kier alpha value is -3.49. The molecule has 0 aliphatic heterocycles. The van der Waals surface area contributed by atoms with E-state index in [1.54, 1.807) is 18.2 Å². The maximum Gasteiger partial charge on any atom is 0.311 e. The number of esters is 3. The maximum atomic E-state index is 12.1. The van der Waals surface area contributed by atoms with Crippen molar-refractivity contribution in [3.05, 3.63) is 52.1 Å². The zero-order chi connectivity index (χ0) is 24.8. The summed E-state index contributed by atoms with van der Waals surface area (Å²) in [5, 5.41) is 12.0. The predicted octanol–water partition coefficient (Wildman–Crippen LogP) is 4.40. The van der Waals surface area contributed by atoms with E-state index in [0.29, 0.717) is 31.6 Å². The molecule has 0 aliphatic rings. The van der Waals surface area contributed by atoms with Crippen LogP contribution in [0.25, 0.3) is 10.8 Å². The smallest absolute Gasteiger partial charge is 0.311 e. The minimum atomic E-state index is -0.518. The summed E-state index contributed by atoms with van der Waals surface area (Å²) < 4.78 is 15.6. The zero-order valence-electron chi connectivity index (χ0n) is 19.5. The van der Waals surface area contributed by atoms with Crippen LogP contribution in [0.2, 0.25) is 0 Å². The number of ether oxygens (including phenoxy) is 3. The third kappa shape index (κ3) is 10.4. The van der Waals surface area contributed by atoms with Crippen molar-refractivity contribution in [2.75, 3.05) is 19.8 Å². The van der Waals surface area contributed by atoms with Gasteiger partial charge >= 0.3 is 17.9 Å². The summed E-state index contributed by atoms with van der Waals surface area (Å²) in [4.78, 5) is 45.2. The number of unbranched alkanes of at least 4 members (excludes halogenated alkanes) is 2. The van der Waals surface area contributed by atoms with Gasteiger partial charge in [-0.25, -0.2) is 0 Å². The Bertz CT molecular complexity index is 988. The van der Waals surface area contributed by atoms with Gasteiger partial charge in [0.05, 0.1) is 26.1 Å². The molecule has 0 radical (unpaired) electrons. The third-order valence-corrected chi connectivity index (χ3v) is 4.98. The number of nitro groups is 1. The molecular weight excluding hydrogens is 442 g/mol. The molecule has 0 heterocycles. The summed E-state index contributed by atoms with van der Waals surface area (Å²) in [5.74, 6) is -0.676. The first-order valence-electron chi connectivity index (χ1n) is 11.5. The molecule has 0 fully saturated rings. The second-order valence-electron chi connectivity index (χ2n) is 7.91. The van der Waals surface area contributed by atoms with E-state index in [-0.39, 0.29) is 44.4 Å². The fourth-order valence-corrected chi connectivity index (χ4v) is 3.17. The van der Waals surface area contributed by atoms with E-state index < -0.39 is 10.9 Å². The van der Waals surface area contributed by atoms with E-state index in [9.17, 15) is 24.5 Å². The molecule has 0 aromatic heterocycles. The van der Waals surface area contributed by atoms with Crippen LogP contribution in [0.3, 0.4) is 0 Å². The molecule has 2 rings (SSSR count). The van der Waals surface area contributed by atoms with Gasteiger partial charge < -0.3 is 14.2 Å². The molecule has 9 nitrogen and oxygen atoms in total. The Morgan fingerprint density at radius 3 is 2.18 bits per heavy atom. The van der Waals surface area contributed by atoms with E-state index in [4.69, 9.17) is 14.2 Å². The van der Waals surface area contributed by atoms with E-state index in [1.807, 2.05) is 25.1 Å². The molecule has 2 aromatic carbocycles. The van der Waals surface area contributed by atoms with E-state index in [0.717, 1.165) is 29.2 Å². The molecule has 0 spiro atoms. The summed E-state index contributed by atoms with van der Waals surface area (Å²) in [5.41, 5.74) is 0.798. The quantitative estimate of drug-likeness (QED) is 0.123. The summed E-state index contributed by atoms with van der Waals surface area (Å²) in [7, 11) is 0. The fourth-order valence-electron chi connectivity index (χ4n) is 3.17. The Labute approximate surface area is 198 Å². The highest BCUT2D eigenvalue weighted by atomic mass is 16.6. The summed E-state index contributed by atoms with van der Waals surface area (Å²) in [6, 6.07) is 10.6. The molecule has 184 valence electrons. The number of fused-ring (bicyclic) bond motifs is 1. The van der Waals surface area contributed by atoms with Crippen molar-refractivity contribution in [2.24, 2.45) is 0 Å². The predicted molar refractivity (Wildman–Crippen MR) is 125 cm³/mol. The van der Waals surface area contributed by atoms with Crippen LogP contribution in [-0.2, 0) is 30.3 Å². The topological polar surface area (TPSA) is 122 Å². The normalized spacial score (nSPS) is 10.6. The second kappa shape index (κ2) is 14.6. The average molecular weight is 474 g/mol. The Morgan fingerprint density at radius 1 is 0.824 bits per heavy atom. The molecule has 0 saturated carbocycles. The zero-order valence-corrected chi connectivity index (χ0v) is 19.5. The van der Waals surface area contributed by atoms with E-state index >= 15 is 0 Å². The Kier molecular flexibility index (Phi) is 11.5. The monoisotopic (exact) mass is 473 g/mol. The molecule has 0 aliphatic carbocycles. The van der Waals surface area contributed by atoms with Crippen LogP contribution < -0.4 is 4.74 Å². The summed E-state index contributed by atoms with van der Waals surface area (Å²) in [6.07, 6.45) is 3.73. The highest BCUT2D eigenvalue weighted by Crippen LogP contribution is 2.23. The van der Waals surface area contributed by atoms with E-state index in [2.05, 4.69) is 0 Å². The average Bonchev–Trinajstić information content (AvgIpc) is 2.79. The SMILES string of the molecule is CCCCC(=O)OCCCCOC(=O)Cc1ccc2cc(OC(=O)CCC[N+](=O)[O-])ccc2c1. The molecule has 0 N–H and O–H groups in total.